The van der Waals surface area contributed by atoms with E-state index in [0.717, 1.165) is 12.1 Å². The minimum atomic E-state index is -5.12. The summed E-state index contributed by atoms with van der Waals surface area (Å²) in [5.41, 5.74) is -5.11. The average Bonchev–Trinajstić information content (AvgIpc) is 2.54. The molecule has 11 heteroatoms. The van der Waals surface area contributed by atoms with Crippen LogP contribution in [0.5, 0.6) is 0 Å². The first kappa shape index (κ1) is 20.6. The molecule has 144 valence electrons. The molecule has 0 radical (unpaired) electrons. The van der Waals surface area contributed by atoms with Crippen molar-refractivity contribution in [1.29, 1.82) is 0 Å². The highest BCUT2D eigenvalue weighted by atomic mass is 35.5. The molecule has 4 nitrogen and oxygen atoms in total. The lowest BCUT2D eigenvalue weighted by atomic mass is 10.0. The lowest BCUT2D eigenvalue weighted by molar-refractivity contribution is -0.143. The Labute approximate surface area is 152 Å². The summed E-state index contributed by atoms with van der Waals surface area (Å²) >= 11 is 5.63. The molecule has 0 aliphatic carbocycles. The molecule has 0 bridgehead atoms. The molecular formula is C16H8ClF6NO3. The highest BCUT2D eigenvalue weighted by Gasteiger charge is 2.37. The Hall–Kier alpha value is -2.75. The van der Waals surface area contributed by atoms with Gasteiger partial charge in [-0.1, -0.05) is 11.6 Å². The summed E-state index contributed by atoms with van der Waals surface area (Å²) in [6.07, 6.45) is -10.2. The van der Waals surface area contributed by atoms with Crippen molar-refractivity contribution < 1.29 is 41.0 Å². The van der Waals surface area contributed by atoms with Crippen molar-refractivity contribution in [1.82, 2.24) is 0 Å². The summed E-state index contributed by atoms with van der Waals surface area (Å²) in [4.78, 5) is 23.3. The van der Waals surface area contributed by atoms with Crippen LogP contribution < -0.4 is 5.32 Å². The Morgan fingerprint density at radius 1 is 0.889 bits per heavy atom. The van der Waals surface area contributed by atoms with Crippen LogP contribution in [0.2, 0.25) is 5.02 Å². The second kappa shape index (κ2) is 7.10. The number of nitrogens with one attached hydrogen (secondary N) is 1. The van der Waals surface area contributed by atoms with E-state index in [1.54, 1.807) is 0 Å². The second-order valence-electron chi connectivity index (χ2n) is 5.24. The van der Waals surface area contributed by atoms with E-state index in [1.807, 2.05) is 5.32 Å². The number of anilines is 1. The number of carboxylic acid groups (broad SMARTS) is 1. The molecule has 2 aromatic rings. The van der Waals surface area contributed by atoms with Crippen LogP contribution in [0.25, 0.3) is 0 Å². The van der Waals surface area contributed by atoms with E-state index in [2.05, 4.69) is 0 Å². The summed E-state index contributed by atoms with van der Waals surface area (Å²) < 4.78 is 77.1. The Kier molecular flexibility index (Phi) is 5.41. The van der Waals surface area contributed by atoms with Crippen molar-refractivity contribution in [3.05, 3.63) is 63.7 Å². The van der Waals surface area contributed by atoms with Gasteiger partial charge in [0.1, 0.15) is 0 Å². The predicted molar refractivity (Wildman–Crippen MR) is 82.8 cm³/mol. The number of hydrogen-bond donors (Lipinski definition) is 2. The fraction of sp³-hybridized carbons (Fsp3) is 0.125. The average molecular weight is 412 g/mol. The summed E-state index contributed by atoms with van der Waals surface area (Å²) in [6, 6.07) is 3.56. The Bertz CT molecular complexity index is 876. The van der Waals surface area contributed by atoms with Crippen LogP contribution in [0.1, 0.15) is 31.8 Å². The maximum atomic E-state index is 12.8. The zero-order chi connectivity index (χ0) is 20.6. The minimum Gasteiger partial charge on any atom is -0.478 e. The van der Waals surface area contributed by atoms with Gasteiger partial charge in [-0.2, -0.15) is 26.3 Å². The summed E-state index contributed by atoms with van der Waals surface area (Å²) in [5.74, 6) is -2.86. The zero-order valence-electron chi connectivity index (χ0n) is 12.9. The quantitative estimate of drug-likeness (QED) is 0.671. The summed E-state index contributed by atoms with van der Waals surface area (Å²) in [6.45, 7) is 0. The van der Waals surface area contributed by atoms with Crippen molar-refractivity contribution in [3.8, 4) is 0 Å². The van der Waals surface area contributed by atoms with Crippen LogP contribution in [0.15, 0.2) is 36.4 Å². The largest absolute Gasteiger partial charge is 0.478 e. The van der Waals surface area contributed by atoms with Crippen molar-refractivity contribution in [2.45, 2.75) is 12.4 Å². The van der Waals surface area contributed by atoms with E-state index >= 15 is 0 Å². The fourth-order valence-corrected chi connectivity index (χ4v) is 2.26. The molecule has 0 unspecified atom stereocenters. The number of carbonyl (C=O) groups excluding carboxylic acids is 1. The molecule has 0 heterocycles. The van der Waals surface area contributed by atoms with Crippen LogP contribution >= 0.6 is 11.6 Å². The highest BCUT2D eigenvalue weighted by molar-refractivity contribution is 6.31. The van der Waals surface area contributed by atoms with Crippen LogP contribution in [0, 0.1) is 0 Å². The molecule has 0 saturated heterocycles. The third-order valence-corrected chi connectivity index (χ3v) is 3.55. The van der Waals surface area contributed by atoms with Gasteiger partial charge >= 0.3 is 18.3 Å². The van der Waals surface area contributed by atoms with Gasteiger partial charge < -0.3 is 10.4 Å². The van der Waals surface area contributed by atoms with Crippen molar-refractivity contribution in [2.75, 3.05) is 5.32 Å². The first-order valence-corrected chi connectivity index (χ1v) is 7.30. The lowest BCUT2D eigenvalue weighted by Crippen LogP contribution is -2.18. The number of amides is 1. The molecule has 2 aromatic carbocycles. The Morgan fingerprint density at radius 3 is 1.85 bits per heavy atom. The van der Waals surface area contributed by atoms with Gasteiger partial charge in [-0.3, -0.25) is 4.79 Å². The molecule has 2 N–H and O–H groups in total. The van der Waals surface area contributed by atoms with Gasteiger partial charge in [0.25, 0.3) is 5.91 Å². The highest BCUT2D eigenvalue weighted by Crippen LogP contribution is 2.36. The van der Waals surface area contributed by atoms with Crippen LogP contribution in [-0.2, 0) is 12.4 Å². The van der Waals surface area contributed by atoms with Gasteiger partial charge in [0.05, 0.1) is 22.4 Å². The SMILES string of the molecule is O=C(Nc1ccc(Cl)cc1C(=O)O)c1cc(C(F)(F)F)cc(C(F)(F)F)c1. The molecule has 0 atom stereocenters. The third kappa shape index (κ3) is 4.91. The van der Waals surface area contributed by atoms with E-state index in [4.69, 9.17) is 16.7 Å². The molecule has 0 aromatic heterocycles. The molecule has 0 aliphatic rings. The summed E-state index contributed by atoms with van der Waals surface area (Å²) in [7, 11) is 0. The van der Waals surface area contributed by atoms with Crippen LogP contribution in [0.4, 0.5) is 32.0 Å². The van der Waals surface area contributed by atoms with E-state index in [-0.39, 0.29) is 28.9 Å². The first-order chi connectivity index (χ1) is 12.3. The van der Waals surface area contributed by atoms with Gasteiger partial charge in [0.15, 0.2) is 0 Å². The lowest BCUT2D eigenvalue weighted by Gasteiger charge is -2.14. The van der Waals surface area contributed by atoms with Gasteiger partial charge in [-0.05, 0) is 36.4 Å². The topological polar surface area (TPSA) is 66.4 Å². The first-order valence-electron chi connectivity index (χ1n) is 6.92. The summed E-state index contributed by atoms with van der Waals surface area (Å²) in [5, 5.41) is 11.1. The smallest absolute Gasteiger partial charge is 0.416 e. The normalized spacial score (nSPS) is 12.0. The molecule has 0 fully saturated rings. The Morgan fingerprint density at radius 2 is 1.41 bits per heavy atom. The predicted octanol–water partition coefficient (Wildman–Crippen LogP) is 5.33. The van der Waals surface area contributed by atoms with E-state index in [1.165, 1.54) is 6.07 Å². The molecule has 0 spiro atoms. The van der Waals surface area contributed by atoms with E-state index < -0.39 is 46.5 Å². The zero-order valence-corrected chi connectivity index (χ0v) is 13.6. The molecular weight excluding hydrogens is 404 g/mol. The number of carbonyl (C=O) groups is 2. The van der Waals surface area contributed by atoms with Crippen LogP contribution in [-0.4, -0.2) is 17.0 Å². The van der Waals surface area contributed by atoms with Crippen LogP contribution in [0.3, 0.4) is 0 Å². The number of hydrogen-bond acceptors (Lipinski definition) is 2. The van der Waals surface area contributed by atoms with Gasteiger partial charge in [-0.25, -0.2) is 4.79 Å². The number of alkyl halides is 6. The molecule has 27 heavy (non-hydrogen) atoms. The molecule has 0 aliphatic heterocycles. The minimum absolute atomic E-state index is 0.00354. The van der Waals surface area contributed by atoms with E-state index in [0.29, 0.717) is 0 Å². The molecule has 1 amide bonds. The number of benzene rings is 2. The van der Waals surface area contributed by atoms with Gasteiger partial charge in [0, 0.05) is 10.6 Å². The van der Waals surface area contributed by atoms with Gasteiger partial charge in [-0.15, -0.1) is 0 Å². The number of halogens is 7. The number of aromatic carboxylic acids is 1. The standard InChI is InChI=1S/C16H8ClF6NO3/c17-10-1-2-12(11(6-10)14(26)27)24-13(25)7-3-8(15(18,19)20)5-9(4-7)16(21,22)23/h1-6H,(H,24,25)(H,26,27). The number of carboxylic acids is 1. The van der Waals surface area contributed by atoms with Crippen molar-refractivity contribution >= 4 is 29.2 Å². The van der Waals surface area contributed by atoms with E-state index in [9.17, 15) is 35.9 Å². The monoisotopic (exact) mass is 411 g/mol. The number of rotatable bonds is 3. The van der Waals surface area contributed by atoms with Gasteiger partial charge in [0.2, 0.25) is 0 Å². The fourth-order valence-electron chi connectivity index (χ4n) is 2.08. The maximum Gasteiger partial charge on any atom is 0.416 e. The van der Waals surface area contributed by atoms with Crippen molar-refractivity contribution in [3.63, 3.8) is 0 Å². The molecule has 2 rings (SSSR count). The maximum absolute atomic E-state index is 12.8. The second-order valence-corrected chi connectivity index (χ2v) is 5.68. The molecule has 0 saturated carbocycles. The third-order valence-electron chi connectivity index (χ3n) is 3.31. The van der Waals surface area contributed by atoms with Crippen molar-refractivity contribution in [2.24, 2.45) is 0 Å². The Balaban J connectivity index is 2.49.